The van der Waals surface area contributed by atoms with Crippen LogP contribution in [0, 0.1) is 0 Å². The van der Waals surface area contributed by atoms with Crippen molar-refractivity contribution in [2.45, 2.75) is 6.42 Å². The highest BCUT2D eigenvalue weighted by Crippen LogP contribution is 2.25. The lowest BCUT2D eigenvalue weighted by Crippen LogP contribution is -2.14. The fraction of sp³-hybridized carbons (Fsp3) is 0.0435. The first-order valence-corrected chi connectivity index (χ1v) is 10.3. The van der Waals surface area contributed by atoms with Gasteiger partial charge in [-0.15, -0.1) is 11.3 Å². The number of benzene rings is 3. The van der Waals surface area contributed by atoms with Crippen molar-refractivity contribution in [1.82, 2.24) is 15.2 Å². The number of hydrogen-bond acceptors (Lipinski definition) is 5. The Morgan fingerprint density at radius 2 is 1.80 bits per heavy atom. The van der Waals surface area contributed by atoms with Crippen molar-refractivity contribution >= 4 is 43.9 Å². The average molecular weight is 412 g/mol. The summed E-state index contributed by atoms with van der Waals surface area (Å²) in [6.07, 6.45) is 0.265. The molecular formula is C23H16N4O2S. The molecule has 146 valence electrons. The summed E-state index contributed by atoms with van der Waals surface area (Å²) in [6.45, 7) is 0. The summed E-state index contributed by atoms with van der Waals surface area (Å²) in [5.74, 6) is -0.0840. The SMILES string of the molecule is O=C(Cc1ccc(-c2n[nH]c(=O)c3ccccc23)cc1)Nc1ccc2ncsc2c1. The number of fused-ring (bicyclic) bond motifs is 2. The first kappa shape index (κ1) is 18.2. The molecule has 6 nitrogen and oxygen atoms in total. The molecule has 2 N–H and O–H groups in total. The number of rotatable bonds is 4. The van der Waals surface area contributed by atoms with E-state index in [0.29, 0.717) is 11.1 Å². The standard InChI is InChI=1S/C23H16N4O2S/c28-21(25-16-9-10-19-20(12-16)30-13-24-19)11-14-5-7-15(8-6-14)22-17-3-1-2-4-18(17)23(29)27-26-22/h1-10,12-13H,11H2,(H,25,28)(H,27,29). The molecule has 0 aliphatic carbocycles. The number of H-pyrrole nitrogens is 1. The number of hydrogen-bond donors (Lipinski definition) is 2. The third kappa shape index (κ3) is 3.46. The first-order valence-electron chi connectivity index (χ1n) is 9.37. The van der Waals surface area contributed by atoms with Crippen LogP contribution in [0.3, 0.4) is 0 Å². The van der Waals surface area contributed by atoms with Crippen LogP contribution in [-0.4, -0.2) is 21.1 Å². The van der Waals surface area contributed by atoms with Crippen molar-refractivity contribution in [2.75, 3.05) is 5.32 Å². The van der Waals surface area contributed by atoms with Crippen molar-refractivity contribution in [3.8, 4) is 11.3 Å². The summed E-state index contributed by atoms with van der Waals surface area (Å²) in [7, 11) is 0. The van der Waals surface area contributed by atoms with Crippen molar-refractivity contribution in [3.63, 3.8) is 0 Å². The Labute approximate surface area is 175 Å². The summed E-state index contributed by atoms with van der Waals surface area (Å²) >= 11 is 1.54. The quantitative estimate of drug-likeness (QED) is 0.459. The second-order valence-corrected chi connectivity index (χ2v) is 7.79. The Kier molecular flexibility index (Phi) is 4.57. The lowest BCUT2D eigenvalue weighted by Gasteiger charge is -2.08. The van der Waals surface area contributed by atoms with Gasteiger partial charge in [-0.1, -0.05) is 42.5 Å². The molecule has 7 heteroatoms. The largest absolute Gasteiger partial charge is 0.326 e. The van der Waals surface area contributed by atoms with Gasteiger partial charge in [-0.2, -0.15) is 5.10 Å². The molecule has 0 atom stereocenters. The van der Waals surface area contributed by atoms with Gasteiger partial charge in [0, 0.05) is 16.6 Å². The molecule has 0 radical (unpaired) electrons. The predicted molar refractivity (Wildman–Crippen MR) is 120 cm³/mol. The lowest BCUT2D eigenvalue weighted by molar-refractivity contribution is -0.115. The normalized spacial score (nSPS) is 11.1. The van der Waals surface area contributed by atoms with Gasteiger partial charge in [-0.05, 0) is 29.8 Å². The minimum atomic E-state index is -0.209. The van der Waals surface area contributed by atoms with Crippen molar-refractivity contribution in [2.24, 2.45) is 0 Å². The van der Waals surface area contributed by atoms with Gasteiger partial charge in [0.2, 0.25) is 5.91 Å². The van der Waals surface area contributed by atoms with Gasteiger partial charge in [0.05, 0.1) is 33.2 Å². The third-order valence-corrected chi connectivity index (χ3v) is 5.69. The Hall–Kier alpha value is -3.84. The average Bonchev–Trinajstić information content (AvgIpc) is 3.23. The maximum atomic E-state index is 12.4. The van der Waals surface area contributed by atoms with Crippen molar-refractivity contribution < 1.29 is 4.79 Å². The van der Waals surface area contributed by atoms with Crippen LogP contribution in [0.5, 0.6) is 0 Å². The van der Waals surface area contributed by atoms with Crippen molar-refractivity contribution in [3.05, 3.63) is 88.2 Å². The van der Waals surface area contributed by atoms with E-state index in [1.807, 2.05) is 60.7 Å². The summed E-state index contributed by atoms with van der Waals surface area (Å²) in [5.41, 5.74) is 5.75. The third-order valence-electron chi connectivity index (χ3n) is 4.90. The number of thiazole rings is 1. The summed E-state index contributed by atoms with van der Waals surface area (Å²) < 4.78 is 1.04. The number of aromatic amines is 1. The van der Waals surface area contributed by atoms with E-state index in [4.69, 9.17) is 0 Å². The van der Waals surface area contributed by atoms with Gasteiger partial charge in [0.25, 0.3) is 5.56 Å². The molecule has 5 aromatic rings. The Morgan fingerprint density at radius 3 is 2.63 bits per heavy atom. The molecule has 0 saturated carbocycles. The molecule has 2 aromatic heterocycles. The van der Waals surface area contributed by atoms with Crippen molar-refractivity contribution in [1.29, 1.82) is 0 Å². The predicted octanol–water partition coefficient (Wildman–Crippen LogP) is 4.38. The Morgan fingerprint density at radius 1 is 1.00 bits per heavy atom. The topological polar surface area (TPSA) is 87.7 Å². The molecule has 0 spiro atoms. The second kappa shape index (κ2) is 7.53. The van der Waals surface area contributed by atoms with Gasteiger partial charge < -0.3 is 5.32 Å². The molecule has 0 aliphatic rings. The van der Waals surface area contributed by atoms with E-state index in [-0.39, 0.29) is 17.9 Å². The Balaban J connectivity index is 1.34. The smallest absolute Gasteiger partial charge is 0.272 e. The molecule has 0 aliphatic heterocycles. The zero-order chi connectivity index (χ0) is 20.5. The number of anilines is 1. The van der Waals surface area contributed by atoms with E-state index in [1.54, 1.807) is 22.9 Å². The van der Waals surface area contributed by atoms with Crippen LogP contribution >= 0.6 is 11.3 Å². The van der Waals surface area contributed by atoms with Crippen LogP contribution in [0.1, 0.15) is 5.56 Å². The maximum Gasteiger partial charge on any atom is 0.272 e. The summed E-state index contributed by atoms with van der Waals surface area (Å²) in [5, 5.41) is 11.1. The molecule has 0 saturated heterocycles. The number of nitrogens with one attached hydrogen (secondary N) is 2. The van der Waals surface area contributed by atoms with Crippen LogP contribution in [0.2, 0.25) is 0 Å². The van der Waals surface area contributed by atoms with E-state index in [2.05, 4.69) is 20.5 Å². The molecule has 0 unspecified atom stereocenters. The summed E-state index contributed by atoms with van der Waals surface area (Å²) in [4.78, 5) is 28.7. The number of carbonyl (C=O) groups is 1. The van der Waals surface area contributed by atoms with Crippen LogP contribution < -0.4 is 10.9 Å². The number of aromatic nitrogens is 3. The minimum absolute atomic E-state index is 0.0840. The molecule has 0 fully saturated rings. The van der Waals surface area contributed by atoms with Gasteiger partial charge in [-0.3, -0.25) is 9.59 Å². The van der Waals surface area contributed by atoms with Crippen LogP contribution in [0.25, 0.3) is 32.2 Å². The van der Waals surface area contributed by atoms with Gasteiger partial charge >= 0.3 is 0 Å². The molecule has 2 heterocycles. The molecule has 30 heavy (non-hydrogen) atoms. The van der Waals surface area contributed by atoms with E-state index in [0.717, 1.165) is 32.4 Å². The zero-order valence-corrected chi connectivity index (χ0v) is 16.6. The fourth-order valence-electron chi connectivity index (χ4n) is 3.44. The van der Waals surface area contributed by atoms with Gasteiger partial charge in [0.15, 0.2) is 0 Å². The molecule has 3 aromatic carbocycles. The first-order chi connectivity index (χ1) is 14.7. The van der Waals surface area contributed by atoms with E-state index >= 15 is 0 Å². The van der Waals surface area contributed by atoms with Gasteiger partial charge in [-0.25, -0.2) is 10.1 Å². The molecular weight excluding hydrogens is 396 g/mol. The minimum Gasteiger partial charge on any atom is -0.326 e. The molecule has 5 rings (SSSR count). The van der Waals surface area contributed by atoms with E-state index in [9.17, 15) is 9.59 Å². The Bertz CT molecular complexity index is 1440. The van der Waals surface area contributed by atoms with E-state index in [1.165, 1.54) is 0 Å². The fourth-order valence-corrected chi connectivity index (χ4v) is 4.16. The molecule has 0 bridgehead atoms. The lowest BCUT2D eigenvalue weighted by atomic mass is 10.0. The number of amides is 1. The summed E-state index contributed by atoms with van der Waals surface area (Å²) in [6, 6.07) is 20.7. The monoisotopic (exact) mass is 412 g/mol. The second-order valence-electron chi connectivity index (χ2n) is 6.90. The zero-order valence-electron chi connectivity index (χ0n) is 15.8. The number of carbonyl (C=O) groups excluding carboxylic acids is 1. The maximum absolute atomic E-state index is 12.4. The molecule has 1 amide bonds. The van der Waals surface area contributed by atoms with E-state index < -0.39 is 0 Å². The van der Waals surface area contributed by atoms with Crippen LogP contribution in [0.4, 0.5) is 5.69 Å². The highest BCUT2D eigenvalue weighted by molar-refractivity contribution is 7.16. The van der Waals surface area contributed by atoms with Crippen LogP contribution in [0.15, 0.2) is 77.0 Å². The van der Waals surface area contributed by atoms with Crippen LogP contribution in [-0.2, 0) is 11.2 Å². The van der Waals surface area contributed by atoms with Gasteiger partial charge in [0.1, 0.15) is 0 Å². The highest BCUT2D eigenvalue weighted by Gasteiger charge is 2.10. The number of nitrogens with zero attached hydrogens (tertiary/aromatic N) is 2. The highest BCUT2D eigenvalue weighted by atomic mass is 32.1.